The van der Waals surface area contributed by atoms with E-state index in [0.717, 1.165) is 10.9 Å². The van der Waals surface area contributed by atoms with Gasteiger partial charge in [0.25, 0.3) is 0 Å². The Morgan fingerprint density at radius 2 is 1.79 bits per heavy atom. The van der Waals surface area contributed by atoms with Crippen molar-refractivity contribution < 1.29 is 4.39 Å². The Labute approximate surface area is 86.5 Å². The van der Waals surface area contributed by atoms with Gasteiger partial charge in [-0.1, -0.05) is 11.6 Å². The number of aromatic nitrogens is 1. The number of rotatable bonds is 0. The third kappa shape index (κ3) is 1.46. The van der Waals surface area contributed by atoms with Crippen molar-refractivity contribution in [2.24, 2.45) is 0 Å². The van der Waals surface area contributed by atoms with Gasteiger partial charge in [0.05, 0.1) is 5.52 Å². The molecule has 2 rings (SSSR count). The fraction of sp³-hybridized carbons (Fsp3) is 0.182. The van der Waals surface area contributed by atoms with Crippen LogP contribution in [-0.2, 0) is 0 Å². The van der Waals surface area contributed by atoms with Gasteiger partial charge in [0, 0.05) is 11.5 Å². The Bertz CT molecular complexity index is 419. The normalized spacial score (nSPS) is 10.9. The van der Waals surface area contributed by atoms with Crippen molar-refractivity contribution in [3.63, 3.8) is 0 Å². The Hall–Kier alpha value is -1.15. The molecule has 14 heavy (non-hydrogen) atoms. The zero-order valence-corrected chi connectivity index (χ0v) is 8.69. The van der Waals surface area contributed by atoms with Crippen molar-refractivity contribution in [2.45, 2.75) is 13.8 Å². The summed E-state index contributed by atoms with van der Waals surface area (Å²) < 4.78 is 13.2. The standard InChI is InChI=1S/C11H9ClFN/c1-6-3-8-4-7(2)11(12)14-10(8)5-9(6)13/h3-5H,1-2H3. The van der Waals surface area contributed by atoms with Crippen molar-refractivity contribution in [3.8, 4) is 0 Å². The molecule has 0 atom stereocenters. The Balaban J connectivity index is 2.83. The Morgan fingerprint density at radius 1 is 1.14 bits per heavy atom. The summed E-state index contributed by atoms with van der Waals surface area (Å²) in [6.45, 7) is 3.62. The average Bonchev–Trinajstić information content (AvgIpc) is 2.11. The van der Waals surface area contributed by atoms with E-state index in [9.17, 15) is 4.39 Å². The minimum Gasteiger partial charge on any atom is -0.236 e. The van der Waals surface area contributed by atoms with Gasteiger partial charge in [-0.15, -0.1) is 0 Å². The van der Waals surface area contributed by atoms with Crippen LogP contribution in [0, 0.1) is 19.7 Å². The molecule has 1 nitrogen and oxygen atoms in total. The molecular weight excluding hydrogens is 201 g/mol. The fourth-order valence-electron chi connectivity index (χ4n) is 1.39. The molecule has 0 aliphatic heterocycles. The second kappa shape index (κ2) is 3.21. The van der Waals surface area contributed by atoms with Crippen molar-refractivity contribution in [3.05, 3.63) is 40.3 Å². The van der Waals surface area contributed by atoms with Crippen LogP contribution in [0.5, 0.6) is 0 Å². The van der Waals surface area contributed by atoms with Gasteiger partial charge in [-0.2, -0.15) is 0 Å². The first-order chi connectivity index (χ1) is 6.58. The van der Waals surface area contributed by atoms with Gasteiger partial charge in [0.15, 0.2) is 0 Å². The van der Waals surface area contributed by atoms with Crippen LogP contribution in [0.15, 0.2) is 18.2 Å². The summed E-state index contributed by atoms with van der Waals surface area (Å²) in [6, 6.07) is 5.11. The zero-order chi connectivity index (χ0) is 10.3. The number of pyridine rings is 1. The first kappa shape index (κ1) is 9.41. The molecule has 0 unspecified atom stereocenters. The summed E-state index contributed by atoms with van der Waals surface area (Å²) in [5, 5.41) is 1.35. The second-order valence-corrected chi connectivity index (χ2v) is 3.75. The molecule has 0 saturated heterocycles. The lowest BCUT2D eigenvalue weighted by atomic mass is 10.1. The zero-order valence-electron chi connectivity index (χ0n) is 7.94. The lowest BCUT2D eigenvalue weighted by molar-refractivity contribution is 0.620. The number of fused-ring (bicyclic) bond motifs is 1. The second-order valence-electron chi connectivity index (χ2n) is 3.39. The molecule has 0 radical (unpaired) electrons. The summed E-state index contributed by atoms with van der Waals surface area (Å²) in [6.07, 6.45) is 0. The summed E-state index contributed by atoms with van der Waals surface area (Å²) in [4.78, 5) is 4.10. The van der Waals surface area contributed by atoms with E-state index in [1.165, 1.54) is 6.07 Å². The molecule has 2 aromatic rings. The maximum Gasteiger partial charge on any atom is 0.132 e. The van der Waals surface area contributed by atoms with E-state index < -0.39 is 0 Å². The van der Waals surface area contributed by atoms with E-state index in [1.807, 2.05) is 13.0 Å². The molecule has 3 heteroatoms. The van der Waals surface area contributed by atoms with E-state index in [2.05, 4.69) is 4.98 Å². The molecule has 0 aliphatic carbocycles. The van der Waals surface area contributed by atoms with Crippen LogP contribution < -0.4 is 0 Å². The van der Waals surface area contributed by atoms with Crippen LogP contribution in [0.3, 0.4) is 0 Å². The molecular formula is C11H9ClFN. The van der Waals surface area contributed by atoms with E-state index in [1.54, 1.807) is 13.0 Å². The van der Waals surface area contributed by atoms with Crippen molar-refractivity contribution >= 4 is 22.5 Å². The monoisotopic (exact) mass is 209 g/mol. The molecule has 0 fully saturated rings. The number of benzene rings is 1. The van der Waals surface area contributed by atoms with Gasteiger partial charge in [0.1, 0.15) is 11.0 Å². The van der Waals surface area contributed by atoms with Crippen LogP contribution in [0.1, 0.15) is 11.1 Å². The average molecular weight is 210 g/mol. The first-order valence-corrected chi connectivity index (χ1v) is 4.69. The van der Waals surface area contributed by atoms with Gasteiger partial charge in [-0.25, -0.2) is 9.37 Å². The Morgan fingerprint density at radius 3 is 2.50 bits per heavy atom. The maximum absolute atomic E-state index is 13.2. The van der Waals surface area contributed by atoms with Gasteiger partial charge in [0.2, 0.25) is 0 Å². The maximum atomic E-state index is 13.2. The predicted octanol–water partition coefficient (Wildman–Crippen LogP) is 3.64. The molecule has 1 heterocycles. The largest absolute Gasteiger partial charge is 0.236 e. The Kier molecular flexibility index (Phi) is 2.16. The van der Waals surface area contributed by atoms with Crippen LogP contribution >= 0.6 is 11.6 Å². The number of hydrogen-bond donors (Lipinski definition) is 0. The van der Waals surface area contributed by atoms with Crippen LogP contribution in [0.25, 0.3) is 10.9 Å². The van der Waals surface area contributed by atoms with Gasteiger partial charge in [-0.05, 0) is 37.1 Å². The molecule has 0 N–H and O–H groups in total. The summed E-state index contributed by atoms with van der Waals surface area (Å²) >= 11 is 5.85. The lowest BCUT2D eigenvalue weighted by Crippen LogP contribution is -1.88. The summed E-state index contributed by atoms with van der Waals surface area (Å²) in [5.74, 6) is -0.245. The van der Waals surface area contributed by atoms with Crippen molar-refractivity contribution in [1.82, 2.24) is 4.98 Å². The van der Waals surface area contributed by atoms with E-state index in [0.29, 0.717) is 16.2 Å². The number of hydrogen-bond acceptors (Lipinski definition) is 1. The number of nitrogens with zero attached hydrogens (tertiary/aromatic N) is 1. The van der Waals surface area contributed by atoms with E-state index >= 15 is 0 Å². The molecule has 72 valence electrons. The van der Waals surface area contributed by atoms with Crippen LogP contribution in [-0.4, -0.2) is 4.98 Å². The van der Waals surface area contributed by atoms with Crippen molar-refractivity contribution in [2.75, 3.05) is 0 Å². The SMILES string of the molecule is Cc1cc2cc(C)c(Cl)nc2cc1F. The third-order valence-corrected chi connectivity index (χ3v) is 2.61. The molecule has 1 aromatic carbocycles. The molecule has 0 aliphatic rings. The predicted molar refractivity (Wildman–Crippen MR) is 56.2 cm³/mol. The van der Waals surface area contributed by atoms with Crippen LogP contribution in [0.2, 0.25) is 5.15 Å². The fourth-order valence-corrected chi connectivity index (χ4v) is 1.54. The van der Waals surface area contributed by atoms with E-state index in [4.69, 9.17) is 11.6 Å². The third-order valence-electron chi connectivity index (χ3n) is 2.22. The molecule has 1 aromatic heterocycles. The highest BCUT2D eigenvalue weighted by molar-refractivity contribution is 6.30. The van der Waals surface area contributed by atoms with E-state index in [-0.39, 0.29) is 5.82 Å². The highest BCUT2D eigenvalue weighted by atomic mass is 35.5. The lowest BCUT2D eigenvalue weighted by Gasteiger charge is -2.03. The number of aryl methyl sites for hydroxylation is 2. The first-order valence-electron chi connectivity index (χ1n) is 4.31. The van der Waals surface area contributed by atoms with Gasteiger partial charge < -0.3 is 0 Å². The highest BCUT2D eigenvalue weighted by Gasteiger charge is 2.04. The summed E-state index contributed by atoms with van der Waals surface area (Å²) in [5.41, 5.74) is 2.13. The minimum absolute atomic E-state index is 0.245. The molecule has 0 spiro atoms. The topological polar surface area (TPSA) is 12.9 Å². The number of halogens is 2. The van der Waals surface area contributed by atoms with Crippen molar-refractivity contribution in [1.29, 1.82) is 0 Å². The van der Waals surface area contributed by atoms with Gasteiger partial charge >= 0.3 is 0 Å². The molecule has 0 saturated carbocycles. The van der Waals surface area contributed by atoms with Crippen LogP contribution in [0.4, 0.5) is 4.39 Å². The smallest absolute Gasteiger partial charge is 0.132 e. The quantitative estimate of drug-likeness (QED) is 0.604. The summed E-state index contributed by atoms with van der Waals surface area (Å²) in [7, 11) is 0. The molecule has 0 amide bonds. The van der Waals surface area contributed by atoms with Gasteiger partial charge in [-0.3, -0.25) is 0 Å². The molecule has 0 bridgehead atoms. The minimum atomic E-state index is -0.245. The highest BCUT2D eigenvalue weighted by Crippen LogP contribution is 2.22.